The Morgan fingerprint density at radius 3 is 2.80 bits per heavy atom. The molecule has 4 rings (SSSR count). The number of anilines is 2. The number of benzene rings is 2. The van der Waals surface area contributed by atoms with Crippen molar-refractivity contribution in [3.63, 3.8) is 0 Å². The topological polar surface area (TPSA) is 117 Å². The van der Waals surface area contributed by atoms with E-state index in [1.165, 1.54) is 0 Å². The largest absolute Gasteiger partial charge is 0.321 e. The molecule has 0 radical (unpaired) electrons. The molecular formula is C16H13N5O3S. The number of rotatable bonds is 3. The van der Waals surface area contributed by atoms with E-state index in [0.29, 0.717) is 28.0 Å². The molecule has 126 valence electrons. The smallest absolute Gasteiger partial charge is 0.256 e. The van der Waals surface area contributed by atoms with Gasteiger partial charge < -0.3 is 5.32 Å². The third-order valence-electron chi connectivity index (χ3n) is 3.77. The summed E-state index contributed by atoms with van der Waals surface area (Å²) in [5, 5.41) is 13.2. The second-order valence-electron chi connectivity index (χ2n) is 5.74. The van der Waals surface area contributed by atoms with Crippen molar-refractivity contribution < 1.29 is 13.2 Å². The summed E-state index contributed by atoms with van der Waals surface area (Å²) in [7, 11) is -3.40. The lowest BCUT2D eigenvalue weighted by Crippen LogP contribution is -2.09. The highest BCUT2D eigenvalue weighted by atomic mass is 32.2. The van der Waals surface area contributed by atoms with Gasteiger partial charge in [-0.25, -0.2) is 8.42 Å². The average Bonchev–Trinajstić information content (AvgIpc) is 3.11. The van der Waals surface area contributed by atoms with Crippen LogP contribution < -0.4 is 10.0 Å². The summed E-state index contributed by atoms with van der Waals surface area (Å²) in [6, 6.07) is 10.4. The summed E-state index contributed by atoms with van der Waals surface area (Å²) in [5.74, 6) is -0.244. The van der Waals surface area contributed by atoms with Gasteiger partial charge in [0.05, 0.1) is 11.8 Å². The minimum Gasteiger partial charge on any atom is -0.321 e. The number of fused-ring (bicyclic) bond motifs is 2. The number of H-pyrrole nitrogens is 1. The normalized spacial score (nSPS) is 15.4. The molecule has 0 saturated carbocycles. The summed E-state index contributed by atoms with van der Waals surface area (Å²) in [6.45, 7) is 0. The Morgan fingerprint density at radius 1 is 1.16 bits per heavy atom. The van der Waals surface area contributed by atoms with Crippen molar-refractivity contribution in [2.45, 2.75) is 0 Å². The van der Waals surface area contributed by atoms with Crippen molar-refractivity contribution >= 4 is 50.0 Å². The van der Waals surface area contributed by atoms with E-state index in [2.05, 4.69) is 25.4 Å². The molecule has 1 aromatic heterocycles. The molecule has 0 atom stereocenters. The summed E-state index contributed by atoms with van der Waals surface area (Å²) >= 11 is 0. The molecule has 0 fully saturated rings. The van der Waals surface area contributed by atoms with E-state index in [-0.39, 0.29) is 5.91 Å². The number of aromatic amines is 1. The first-order valence-corrected chi connectivity index (χ1v) is 9.24. The van der Waals surface area contributed by atoms with Gasteiger partial charge in [-0.3, -0.25) is 14.6 Å². The maximum absolute atomic E-state index is 12.3. The first-order chi connectivity index (χ1) is 11.9. The summed E-state index contributed by atoms with van der Waals surface area (Å²) < 4.78 is 25.2. The first kappa shape index (κ1) is 15.3. The number of carbonyl (C=O) groups is 1. The number of hydrogen-bond acceptors (Lipinski definition) is 5. The first-order valence-electron chi connectivity index (χ1n) is 7.35. The van der Waals surface area contributed by atoms with Crippen molar-refractivity contribution in [2.24, 2.45) is 0 Å². The van der Waals surface area contributed by atoms with Gasteiger partial charge in [0.15, 0.2) is 0 Å². The molecule has 1 aliphatic rings. The van der Waals surface area contributed by atoms with Crippen LogP contribution in [0.2, 0.25) is 0 Å². The van der Waals surface area contributed by atoms with Gasteiger partial charge in [0.1, 0.15) is 5.52 Å². The zero-order valence-corrected chi connectivity index (χ0v) is 13.9. The van der Waals surface area contributed by atoms with E-state index >= 15 is 0 Å². The van der Waals surface area contributed by atoms with Crippen molar-refractivity contribution in [1.29, 1.82) is 0 Å². The molecular weight excluding hydrogens is 342 g/mol. The third-order valence-corrected chi connectivity index (χ3v) is 4.37. The summed E-state index contributed by atoms with van der Waals surface area (Å²) in [5.41, 5.74) is 4.42. The maximum Gasteiger partial charge on any atom is 0.256 e. The van der Waals surface area contributed by atoms with E-state index < -0.39 is 10.0 Å². The van der Waals surface area contributed by atoms with Crippen molar-refractivity contribution in [1.82, 2.24) is 15.4 Å². The Bertz CT molecular complexity index is 1150. The molecule has 0 aliphatic carbocycles. The van der Waals surface area contributed by atoms with Crippen molar-refractivity contribution in [2.75, 3.05) is 16.3 Å². The van der Waals surface area contributed by atoms with Crippen LogP contribution in [0.25, 0.3) is 22.7 Å². The third kappa shape index (κ3) is 2.96. The fraction of sp³-hybridized carbons (Fsp3) is 0.0625. The number of aromatic nitrogens is 3. The van der Waals surface area contributed by atoms with Crippen LogP contribution >= 0.6 is 0 Å². The van der Waals surface area contributed by atoms with Crippen molar-refractivity contribution in [3.8, 4) is 0 Å². The van der Waals surface area contributed by atoms with Crippen LogP contribution in [0.5, 0.6) is 0 Å². The highest BCUT2D eigenvalue weighted by molar-refractivity contribution is 7.92. The lowest BCUT2D eigenvalue weighted by atomic mass is 10.0. The van der Waals surface area contributed by atoms with E-state index in [4.69, 9.17) is 0 Å². The quantitative estimate of drug-likeness (QED) is 0.620. The van der Waals surface area contributed by atoms with Crippen LogP contribution in [0.15, 0.2) is 36.4 Å². The molecule has 9 heteroatoms. The average molecular weight is 355 g/mol. The maximum atomic E-state index is 12.3. The Hall–Kier alpha value is -3.20. The molecule has 0 saturated heterocycles. The van der Waals surface area contributed by atoms with E-state index in [1.807, 2.05) is 18.2 Å². The lowest BCUT2D eigenvalue weighted by molar-refractivity contribution is -0.110. The Morgan fingerprint density at radius 2 is 2.00 bits per heavy atom. The van der Waals surface area contributed by atoms with Crippen LogP contribution in [-0.2, 0) is 14.8 Å². The van der Waals surface area contributed by atoms with E-state index in [9.17, 15) is 13.2 Å². The minimum atomic E-state index is -3.40. The number of amides is 1. The van der Waals surface area contributed by atoms with Gasteiger partial charge in [-0.1, -0.05) is 11.3 Å². The summed E-state index contributed by atoms with van der Waals surface area (Å²) in [4.78, 5) is 12.3. The highest BCUT2D eigenvalue weighted by Crippen LogP contribution is 2.35. The molecule has 1 amide bonds. The second kappa shape index (κ2) is 5.42. The molecule has 1 aliphatic heterocycles. The molecule has 3 N–H and O–H groups in total. The fourth-order valence-corrected chi connectivity index (χ4v) is 3.28. The van der Waals surface area contributed by atoms with E-state index in [1.54, 1.807) is 24.3 Å². The van der Waals surface area contributed by atoms with Crippen LogP contribution in [0, 0.1) is 0 Å². The predicted octanol–water partition coefficient (Wildman–Crippen LogP) is 1.82. The number of nitrogens with one attached hydrogen (secondary N) is 3. The van der Waals surface area contributed by atoms with Gasteiger partial charge in [0, 0.05) is 22.5 Å². The van der Waals surface area contributed by atoms with Gasteiger partial charge in [0.25, 0.3) is 5.91 Å². The fourth-order valence-electron chi connectivity index (χ4n) is 2.72. The summed E-state index contributed by atoms with van der Waals surface area (Å²) in [6.07, 6.45) is 2.81. The van der Waals surface area contributed by atoms with Crippen LogP contribution in [0.4, 0.5) is 11.4 Å². The van der Waals surface area contributed by atoms with Gasteiger partial charge in [-0.05, 0) is 42.0 Å². The van der Waals surface area contributed by atoms with Gasteiger partial charge in [-0.2, -0.15) is 0 Å². The molecule has 3 aromatic rings. The molecule has 25 heavy (non-hydrogen) atoms. The molecule has 0 unspecified atom stereocenters. The lowest BCUT2D eigenvalue weighted by Gasteiger charge is -2.06. The van der Waals surface area contributed by atoms with Crippen LogP contribution in [-0.4, -0.2) is 36.0 Å². The second-order valence-corrected chi connectivity index (χ2v) is 7.48. The monoisotopic (exact) mass is 355 g/mol. The zero-order valence-electron chi connectivity index (χ0n) is 13.1. The molecule has 2 aromatic carbocycles. The number of hydrogen-bond donors (Lipinski definition) is 3. The van der Waals surface area contributed by atoms with Crippen LogP contribution in [0.1, 0.15) is 11.1 Å². The van der Waals surface area contributed by atoms with Gasteiger partial charge >= 0.3 is 0 Å². The van der Waals surface area contributed by atoms with Gasteiger partial charge in [-0.15, -0.1) is 5.10 Å². The SMILES string of the molecule is CS(=O)(=O)Nc1ccc2c(c1)C(=Cc1ccc3[nH]nnc3c1)C(=O)N2. The molecule has 2 heterocycles. The molecule has 0 spiro atoms. The molecule has 0 bridgehead atoms. The number of carbonyl (C=O) groups excluding carboxylic acids is 1. The Balaban J connectivity index is 1.78. The minimum absolute atomic E-state index is 0.244. The highest BCUT2D eigenvalue weighted by Gasteiger charge is 2.24. The van der Waals surface area contributed by atoms with Crippen LogP contribution in [0.3, 0.4) is 0 Å². The molecule has 8 nitrogen and oxygen atoms in total. The van der Waals surface area contributed by atoms with Gasteiger partial charge in [0.2, 0.25) is 10.0 Å². The van der Waals surface area contributed by atoms with Crippen molar-refractivity contribution in [3.05, 3.63) is 47.5 Å². The van der Waals surface area contributed by atoms with E-state index in [0.717, 1.165) is 17.3 Å². The standard InChI is InChI=1S/C16H13N5O3S/c1-25(23,24)20-10-3-5-13-11(8-10)12(16(22)17-13)6-9-2-4-14-15(7-9)19-21-18-14/h2-8,20H,1H3,(H,17,22)(H,18,19,21). The zero-order chi connectivity index (χ0) is 17.6. The Kier molecular flexibility index (Phi) is 3.32. The Labute approximate surface area is 143 Å². The number of sulfonamides is 1. The number of nitrogens with zero attached hydrogens (tertiary/aromatic N) is 2. The predicted molar refractivity (Wildman–Crippen MR) is 95.3 cm³/mol.